The highest BCUT2D eigenvalue weighted by molar-refractivity contribution is 7.18. The maximum atomic E-state index is 13.0. The molecule has 0 radical (unpaired) electrons. The van der Waals surface area contributed by atoms with Crippen LogP contribution in [-0.2, 0) is 25.8 Å². The van der Waals surface area contributed by atoms with E-state index in [4.69, 9.17) is 0 Å². The van der Waals surface area contributed by atoms with Gasteiger partial charge in [0.1, 0.15) is 4.83 Å². The first-order valence-electron chi connectivity index (χ1n) is 9.18. The van der Waals surface area contributed by atoms with E-state index in [2.05, 4.69) is 18.8 Å². The number of fused-ring (bicyclic) bond motifs is 3. The van der Waals surface area contributed by atoms with Crippen LogP contribution in [-0.4, -0.2) is 15.3 Å². The number of ketones is 1. The molecule has 3 aromatic rings. The lowest BCUT2D eigenvalue weighted by Crippen LogP contribution is -2.25. The van der Waals surface area contributed by atoms with Crippen LogP contribution in [0.5, 0.6) is 0 Å². The van der Waals surface area contributed by atoms with Crippen molar-refractivity contribution >= 4 is 27.3 Å². The van der Waals surface area contributed by atoms with Gasteiger partial charge in [0.05, 0.1) is 18.3 Å². The van der Waals surface area contributed by atoms with Crippen molar-refractivity contribution in [2.24, 2.45) is 5.92 Å². The molecule has 1 atom stereocenters. The van der Waals surface area contributed by atoms with Crippen LogP contribution in [0.3, 0.4) is 0 Å². The van der Waals surface area contributed by atoms with E-state index in [1.54, 1.807) is 11.3 Å². The Hall–Kier alpha value is -2.27. The quantitative estimate of drug-likeness (QED) is 0.655. The average Bonchev–Trinajstić information content (AvgIpc) is 3.02. The van der Waals surface area contributed by atoms with Crippen molar-refractivity contribution in [3.05, 3.63) is 62.5 Å². The number of aromatic nitrogens is 2. The van der Waals surface area contributed by atoms with E-state index >= 15 is 0 Å². The van der Waals surface area contributed by atoms with Gasteiger partial charge in [-0.1, -0.05) is 38.1 Å². The fraction of sp³-hybridized carbons (Fsp3) is 0.381. The summed E-state index contributed by atoms with van der Waals surface area (Å²) in [5.74, 6) is 0.596. The van der Waals surface area contributed by atoms with Gasteiger partial charge in [0.15, 0.2) is 5.78 Å². The molecule has 0 bridgehead atoms. The highest BCUT2D eigenvalue weighted by atomic mass is 32.1. The number of benzene rings is 1. The van der Waals surface area contributed by atoms with Gasteiger partial charge in [-0.3, -0.25) is 14.2 Å². The van der Waals surface area contributed by atoms with E-state index in [1.807, 2.05) is 24.3 Å². The minimum Gasteiger partial charge on any atom is -0.292 e. The zero-order valence-electron chi connectivity index (χ0n) is 15.1. The monoisotopic (exact) mass is 366 g/mol. The standard InChI is InChI=1S/C21H22N2O2S/c1-3-14-5-7-15(8-6-14)17(24)11-23-12-22-20-19(21(23)25)16-9-4-13(2)10-18(16)26-20/h5-8,12-13H,3-4,9-11H2,1-2H3/t13-/m1/s1. The second-order valence-electron chi connectivity index (χ2n) is 7.18. The van der Waals surface area contributed by atoms with Crippen molar-refractivity contribution in [1.82, 2.24) is 9.55 Å². The summed E-state index contributed by atoms with van der Waals surface area (Å²) in [6, 6.07) is 7.61. The number of thiophene rings is 1. The van der Waals surface area contributed by atoms with Crippen LogP contribution in [0, 0.1) is 5.92 Å². The van der Waals surface area contributed by atoms with Crippen LogP contribution < -0.4 is 5.56 Å². The van der Waals surface area contributed by atoms with Crippen LogP contribution in [0.2, 0.25) is 0 Å². The Morgan fingerprint density at radius 3 is 2.81 bits per heavy atom. The molecule has 1 aliphatic rings. The smallest absolute Gasteiger partial charge is 0.262 e. The lowest BCUT2D eigenvalue weighted by molar-refractivity contribution is 0.0970. The summed E-state index contributed by atoms with van der Waals surface area (Å²) in [6.45, 7) is 4.37. The van der Waals surface area contributed by atoms with E-state index in [9.17, 15) is 9.59 Å². The fourth-order valence-corrected chi connectivity index (χ4v) is 4.99. The molecule has 26 heavy (non-hydrogen) atoms. The fourth-order valence-electron chi connectivity index (χ4n) is 3.65. The van der Waals surface area contributed by atoms with E-state index in [0.717, 1.165) is 41.5 Å². The summed E-state index contributed by atoms with van der Waals surface area (Å²) >= 11 is 1.64. The first-order valence-corrected chi connectivity index (χ1v) is 10.00. The molecule has 2 heterocycles. The summed E-state index contributed by atoms with van der Waals surface area (Å²) < 4.78 is 1.46. The van der Waals surface area contributed by atoms with Crippen LogP contribution in [0.1, 0.15) is 46.6 Å². The van der Waals surface area contributed by atoms with Crippen LogP contribution in [0.4, 0.5) is 0 Å². The van der Waals surface area contributed by atoms with Gasteiger partial charge in [-0.15, -0.1) is 11.3 Å². The average molecular weight is 366 g/mol. The summed E-state index contributed by atoms with van der Waals surface area (Å²) in [5.41, 5.74) is 2.91. The third kappa shape index (κ3) is 3.01. The Balaban J connectivity index is 1.67. The summed E-state index contributed by atoms with van der Waals surface area (Å²) in [5, 5.41) is 0.730. The summed E-state index contributed by atoms with van der Waals surface area (Å²) in [4.78, 5) is 32.2. The first-order chi connectivity index (χ1) is 12.6. The van der Waals surface area contributed by atoms with Gasteiger partial charge in [0, 0.05) is 10.4 Å². The number of carbonyl (C=O) groups excluding carboxylic acids is 1. The molecule has 2 aromatic heterocycles. The minimum atomic E-state index is -0.0828. The molecule has 134 valence electrons. The zero-order valence-corrected chi connectivity index (χ0v) is 15.9. The van der Waals surface area contributed by atoms with E-state index in [0.29, 0.717) is 11.5 Å². The summed E-state index contributed by atoms with van der Waals surface area (Å²) in [6.07, 6.45) is 5.53. The highest BCUT2D eigenvalue weighted by Crippen LogP contribution is 2.35. The topological polar surface area (TPSA) is 52.0 Å². The number of aryl methyl sites for hydroxylation is 2. The van der Waals surface area contributed by atoms with Gasteiger partial charge in [-0.25, -0.2) is 4.98 Å². The molecule has 5 heteroatoms. The third-order valence-corrected chi connectivity index (χ3v) is 6.44. The van der Waals surface area contributed by atoms with E-state index < -0.39 is 0 Å². The zero-order chi connectivity index (χ0) is 18.3. The molecule has 0 saturated carbocycles. The number of carbonyl (C=O) groups is 1. The Morgan fingerprint density at radius 2 is 2.08 bits per heavy atom. The Bertz CT molecular complexity index is 1030. The number of nitrogens with zero attached hydrogens (tertiary/aromatic N) is 2. The lowest BCUT2D eigenvalue weighted by atomic mass is 9.89. The van der Waals surface area contributed by atoms with Gasteiger partial charge in [-0.05, 0) is 42.7 Å². The SMILES string of the molecule is CCc1ccc(C(=O)Cn2cnc3sc4c(c3c2=O)CC[C@@H](C)C4)cc1. The van der Waals surface area contributed by atoms with Crippen LogP contribution >= 0.6 is 11.3 Å². The third-order valence-electron chi connectivity index (χ3n) is 5.28. The lowest BCUT2D eigenvalue weighted by Gasteiger charge is -2.17. The number of hydrogen-bond acceptors (Lipinski definition) is 4. The molecular formula is C21H22N2O2S. The molecule has 0 unspecified atom stereocenters. The highest BCUT2D eigenvalue weighted by Gasteiger charge is 2.23. The van der Waals surface area contributed by atoms with Crippen LogP contribution in [0.25, 0.3) is 10.2 Å². The van der Waals surface area contributed by atoms with Crippen LogP contribution in [0.15, 0.2) is 35.4 Å². The van der Waals surface area contributed by atoms with E-state index in [-0.39, 0.29) is 17.9 Å². The first kappa shape index (κ1) is 17.2. The maximum absolute atomic E-state index is 13.0. The predicted molar refractivity (Wildman–Crippen MR) is 105 cm³/mol. The van der Waals surface area contributed by atoms with Gasteiger partial charge in [0.2, 0.25) is 0 Å². The molecule has 1 aromatic carbocycles. The Labute approximate surface area is 156 Å². The largest absolute Gasteiger partial charge is 0.292 e. The number of rotatable bonds is 4. The van der Waals surface area contributed by atoms with Crippen molar-refractivity contribution in [1.29, 1.82) is 0 Å². The Kier molecular flexibility index (Phi) is 4.49. The van der Waals surface area contributed by atoms with Gasteiger partial charge in [0.25, 0.3) is 5.56 Å². The molecule has 0 spiro atoms. The Morgan fingerprint density at radius 1 is 1.31 bits per heavy atom. The maximum Gasteiger partial charge on any atom is 0.262 e. The normalized spacial score (nSPS) is 16.6. The van der Waals surface area contributed by atoms with Crippen molar-refractivity contribution in [2.45, 2.75) is 46.1 Å². The molecule has 0 saturated heterocycles. The van der Waals surface area contributed by atoms with Crippen molar-refractivity contribution in [3.63, 3.8) is 0 Å². The van der Waals surface area contributed by atoms with Crippen molar-refractivity contribution in [3.8, 4) is 0 Å². The molecule has 0 N–H and O–H groups in total. The van der Waals surface area contributed by atoms with Gasteiger partial charge in [-0.2, -0.15) is 0 Å². The molecular weight excluding hydrogens is 344 g/mol. The molecule has 0 fully saturated rings. The van der Waals surface area contributed by atoms with Crippen molar-refractivity contribution < 1.29 is 4.79 Å². The number of Topliss-reactive ketones (excluding diaryl/α,β-unsaturated/α-hetero) is 1. The second-order valence-corrected chi connectivity index (χ2v) is 8.27. The molecule has 4 nitrogen and oxygen atoms in total. The predicted octanol–water partition coefficient (Wildman–Crippen LogP) is 4.03. The van der Waals surface area contributed by atoms with Crippen molar-refractivity contribution in [2.75, 3.05) is 0 Å². The molecule has 1 aliphatic carbocycles. The van der Waals surface area contributed by atoms with Gasteiger partial charge < -0.3 is 0 Å². The second kappa shape index (κ2) is 6.80. The number of hydrogen-bond donors (Lipinski definition) is 0. The molecule has 0 amide bonds. The molecule has 0 aliphatic heterocycles. The van der Waals surface area contributed by atoms with Gasteiger partial charge >= 0.3 is 0 Å². The van der Waals surface area contributed by atoms with E-state index in [1.165, 1.54) is 21.3 Å². The minimum absolute atomic E-state index is 0.0360. The molecule has 4 rings (SSSR count). The summed E-state index contributed by atoms with van der Waals surface area (Å²) in [7, 11) is 0.